The number of methoxy groups -OCH3 is 1. The molecule has 0 aliphatic carbocycles. The van der Waals surface area contributed by atoms with E-state index in [0.717, 1.165) is 36.7 Å². The maximum absolute atomic E-state index is 6.12. The van der Waals surface area contributed by atoms with E-state index in [1.807, 2.05) is 24.3 Å². The van der Waals surface area contributed by atoms with Crippen LogP contribution in [0.3, 0.4) is 0 Å². The Morgan fingerprint density at radius 2 is 1.80 bits per heavy atom. The largest absolute Gasteiger partial charge is 0.493 e. The number of hydrogen-bond acceptors (Lipinski definition) is 4. The maximum atomic E-state index is 6.12. The van der Waals surface area contributed by atoms with E-state index in [2.05, 4.69) is 36.1 Å². The Hall–Kier alpha value is -1.75. The number of rotatable bonds is 6. The Morgan fingerprint density at radius 3 is 2.44 bits per heavy atom. The number of nitrogens with zero attached hydrogens (tertiary/aromatic N) is 1. The number of benzene rings is 2. The molecular weight excluding hydrogens is 336 g/mol. The van der Waals surface area contributed by atoms with Crippen LogP contribution in [0, 0.1) is 5.92 Å². The van der Waals surface area contributed by atoms with E-state index in [0.29, 0.717) is 12.5 Å². The second-order valence-corrected chi connectivity index (χ2v) is 6.59. The fraction of sp³-hybridized carbons (Fsp3) is 0.400. The van der Waals surface area contributed by atoms with Gasteiger partial charge in [0.15, 0.2) is 11.5 Å². The molecule has 2 aromatic rings. The van der Waals surface area contributed by atoms with Gasteiger partial charge in [-0.15, -0.1) is 12.4 Å². The topological polar surface area (TPSA) is 47.7 Å². The molecule has 0 aromatic heterocycles. The lowest BCUT2D eigenvalue weighted by atomic mass is 10.1. The van der Waals surface area contributed by atoms with Crippen molar-refractivity contribution in [2.24, 2.45) is 11.7 Å². The molecule has 5 heteroatoms. The summed E-state index contributed by atoms with van der Waals surface area (Å²) < 4.78 is 11.4. The van der Waals surface area contributed by atoms with E-state index in [1.165, 1.54) is 5.56 Å². The third-order valence-corrected chi connectivity index (χ3v) is 4.62. The quantitative estimate of drug-likeness (QED) is 0.854. The summed E-state index contributed by atoms with van der Waals surface area (Å²) in [4.78, 5) is 2.40. The van der Waals surface area contributed by atoms with E-state index in [4.69, 9.17) is 15.2 Å². The lowest BCUT2D eigenvalue weighted by Crippen LogP contribution is -2.28. The first kappa shape index (κ1) is 19.6. The van der Waals surface area contributed by atoms with E-state index >= 15 is 0 Å². The molecule has 4 nitrogen and oxygen atoms in total. The third kappa shape index (κ3) is 5.11. The average Bonchev–Trinajstić information content (AvgIpc) is 2.91. The van der Waals surface area contributed by atoms with Crippen LogP contribution in [0.5, 0.6) is 11.5 Å². The molecule has 0 saturated carbocycles. The maximum Gasteiger partial charge on any atom is 0.161 e. The fourth-order valence-corrected chi connectivity index (χ4v) is 3.15. The first-order valence-corrected chi connectivity index (χ1v) is 8.47. The van der Waals surface area contributed by atoms with Crippen molar-refractivity contribution >= 4 is 12.4 Å². The van der Waals surface area contributed by atoms with Gasteiger partial charge < -0.3 is 15.2 Å². The SMILES string of the molecule is COc1ccc(CN2CC(C)C(N)C2)cc1OCc1ccccc1.Cl. The highest BCUT2D eigenvalue weighted by atomic mass is 35.5. The van der Waals surface area contributed by atoms with E-state index in [-0.39, 0.29) is 18.4 Å². The lowest BCUT2D eigenvalue weighted by Gasteiger charge is -2.17. The standard InChI is InChI=1S/C20H26N2O2.ClH/c1-15-11-22(13-18(15)21)12-17-8-9-19(23-2)20(10-17)24-14-16-6-4-3-5-7-16;/h3-10,15,18H,11-14,21H2,1-2H3;1H. The Kier molecular flexibility index (Phi) is 7.12. The predicted molar refractivity (Wildman–Crippen MR) is 103 cm³/mol. The van der Waals surface area contributed by atoms with Crippen LogP contribution in [0.15, 0.2) is 48.5 Å². The van der Waals surface area contributed by atoms with Gasteiger partial charge >= 0.3 is 0 Å². The number of nitrogens with two attached hydrogens (primary N) is 1. The lowest BCUT2D eigenvalue weighted by molar-refractivity contribution is 0.282. The van der Waals surface area contributed by atoms with Crippen LogP contribution in [-0.2, 0) is 13.2 Å². The summed E-state index contributed by atoms with van der Waals surface area (Å²) in [5.41, 5.74) is 8.49. The van der Waals surface area contributed by atoms with Crippen LogP contribution < -0.4 is 15.2 Å². The Labute approximate surface area is 156 Å². The molecular formula is C20H27ClN2O2. The van der Waals surface area contributed by atoms with Crippen LogP contribution in [0.2, 0.25) is 0 Å². The summed E-state index contributed by atoms with van der Waals surface area (Å²) in [7, 11) is 1.67. The molecule has 3 rings (SSSR count). The van der Waals surface area contributed by atoms with Gasteiger partial charge in [-0.1, -0.05) is 43.3 Å². The highest BCUT2D eigenvalue weighted by Gasteiger charge is 2.26. The van der Waals surface area contributed by atoms with Gasteiger partial charge in [0.1, 0.15) is 6.61 Å². The van der Waals surface area contributed by atoms with Crippen molar-refractivity contribution in [2.45, 2.75) is 26.1 Å². The van der Waals surface area contributed by atoms with Crippen molar-refractivity contribution in [3.63, 3.8) is 0 Å². The number of halogens is 1. The molecule has 1 aliphatic rings. The van der Waals surface area contributed by atoms with Crippen molar-refractivity contribution in [3.8, 4) is 11.5 Å². The summed E-state index contributed by atoms with van der Waals surface area (Å²) in [6.07, 6.45) is 0. The monoisotopic (exact) mass is 362 g/mol. The van der Waals surface area contributed by atoms with Crippen molar-refractivity contribution in [3.05, 3.63) is 59.7 Å². The molecule has 2 aromatic carbocycles. The Balaban J connectivity index is 0.00000225. The zero-order valence-corrected chi connectivity index (χ0v) is 15.7. The van der Waals surface area contributed by atoms with Crippen LogP contribution in [0.25, 0.3) is 0 Å². The molecule has 1 heterocycles. The molecule has 1 saturated heterocycles. The molecule has 2 atom stereocenters. The zero-order chi connectivity index (χ0) is 16.9. The van der Waals surface area contributed by atoms with Crippen LogP contribution in [-0.4, -0.2) is 31.1 Å². The van der Waals surface area contributed by atoms with Gasteiger partial charge in [0, 0.05) is 25.7 Å². The van der Waals surface area contributed by atoms with Gasteiger partial charge in [-0.25, -0.2) is 0 Å². The Morgan fingerprint density at radius 1 is 1.04 bits per heavy atom. The van der Waals surface area contributed by atoms with Crippen molar-refractivity contribution in [1.82, 2.24) is 4.90 Å². The summed E-state index contributed by atoms with van der Waals surface area (Å²) in [6, 6.07) is 16.6. The summed E-state index contributed by atoms with van der Waals surface area (Å²) in [5.74, 6) is 2.11. The minimum atomic E-state index is 0. The first-order chi connectivity index (χ1) is 11.7. The molecule has 0 spiro atoms. The fourth-order valence-electron chi connectivity index (χ4n) is 3.15. The van der Waals surface area contributed by atoms with Gasteiger partial charge in [0.05, 0.1) is 7.11 Å². The predicted octanol–water partition coefficient (Wildman–Crippen LogP) is 3.48. The molecule has 0 radical (unpaired) electrons. The summed E-state index contributed by atoms with van der Waals surface area (Å²) in [5, 5.41) is 0. The van der Waals surface area contributed by atoms with Crippen LogP contribution in [0.1, 0.15) is 18.1 Å². The van der Waals surface area contributed by atoms with Crippen LogP contribution >= 0.6 is 12.4 Å². The highest BCUT2D eigenvalue weighted by molar-refractivity contribution is 5.85. The van der Waals surface area contributed by atoms with Crippen LogP contribution in [0.4, 0.5) is 0 Å². The molecule has 1 fully saturated rings. The second-order valence-electron chi connectivity index (χ2n) is 6.59. The summed E-state index contributed by atoms with van der Waals surface area (Å²) in [6.45, 7) is 5.64. The van der Waals surface area contributed by atoms with Crippen molar-refractivity contribution in [1.29, 1.82) is 0 Å². The molecule has 25 heavy (non-hydrogen) atoms. The molecule has 2 N–H and O–H groups in total. The molecule has 0 amide bonds. The van der Waals surface area contributed by atoms with Gasteiger partial charge in [0.2, 0.25) is 0 Å². The smallest absolute Gasteiger partial charge is 0.161 e. The minimum absolute atomic E-state index is 0. The molecule has 0 bridgehead atoms. The third-order valence-electron chi connectivity index (χ3n) is 4.62. The molecule has 136 valence electrons. The number of hydrogen-bond donors (Lipinski definition) is 1. The Bertz CT molecular complexity index is 656. The van der Waals surface area contributed by atoms with Gasteiger partial charge in [0.25, 0.3) is 0 Å². The van der Waals surface area contributed by atoms with E-state index in [9.17, 15) is 0 Å². The van der Waals surface area contributed by atoms with Crippen molar-refractivity contribution in [2.75, 3.05) is 20.2 Å². The average molecular weight is 363 g/mol. The molecule has 2 unspecified atom stereocenters. The number of likely N-dealkylation sites (tertiary alicyclic amines) is 1. The minimum Gasteiger partial charge on any atom is -0.493 e. The second kappa shape index (κ2) is 9.09. The van der Waals surface area contributed by atoms with Gasteiger partial charge in [-0.05, 0) is 29.2 Å². The first-order valence-electron chi connectivity index (χ1n) is 8.47. The van der Waals surface area contributed by atoms with E-state index in [1.54, 1.807) is 7.11 Å². The van der Waals surface area contributed by atoms with Crippen molar-refractivity contribution < 1.29 is 9.47 Å². The van der Waals surface area contributed by atoms with E-state index < -0.39 is 0 Å². The number of ether oxygens (including phenoxy) is 2. The zero-order valence-electron chi connectivity index (χ0n) is 14.9. The normalized spacial score (nSPS) is 20.1. The van der Waals surface area contributed by atoms with Gasteiger partial charge in [-0.2, -0.15) is 0 Å². The highest BCUT2D eigenvalue weighted by Crippen LogP contribution is 2.30. The van der Waals surface area contributed by atoms with Gasteiger partial charge in [-0.3, -0.25) is 4.90 Å². The summed E-state index contributed by atoms with van der Waals surface area (Å²) >= 11 is 0. The molecule has 1 aliphatic heterocycles.